The molecular weight excluding hydrogens is 416 g/mol. The van der Waals surface area contributed by atoms with E-state index in [9.17, 15) is 9.59 Å². The topological polar surface area (TPSA) is 76.7 Å². The Hall–Kier alpha value is -4.06. The van der Waals surface area contributed by atoms with Crippen LogP contribution in [0.25, 0.3) is 6.08 Å². The number of para-hydroxylation sites is 4. The first-order chi connectivity index (χ1) is 15.9. The van der Waals surface area contributed by atoms with Crippen LogP contribution in [0.15, 0.2) is 78.4 Å². The van der Waals surface area contributed by atoms with Crippen molar-refractivity contribution >= 4 is 29.3 Å². The van der Waals surface area contributed by atoms with Crippen molar-refractivity contribution in [3.8, 4) is 11.5 Å². The number of ether oxygens (including phenoxy) is 2. The Morgan fingerprint density at radius 2 is 1.18 bits per heavy atom. The van der Waals surface area contributed by atoms with Gasteiger partial charge < -0.3 is 20.1 Å². The fourth-order valence-electron chi connectivity index (χ4n) is 3.25. The van der Waals surface area contributed by atoms with E-state index in [4.69, 9.17) is 9.47 Å². The van der Waals surface area contributed by atoms with Crippen molar-refractivity contribution in [2.24, 2.45) is 0 Å². The molecule has 0 fully saturated rings. The van der Waals surface area contributed by atoms with Gasteiger partial charge >= 0.3 is 0 Å². The summed E-state index contributed by atoms with van der Waals surface area (Å²) in [7, 11) is 3.04. The van der Waals surface area contributed by atoms with Gasteiger partial charge in [0.25, 0.3) is 11.8 Å². The standard InChI is InChI=1S/C27H28N2O4/c1-18(2)20-15-13-19(14-16-20)17-21(26(30)28-22-9-5-7-11-24(22)32-3)27(31)29-23-10-6-8-12-25(23)33-4/h5-18H,1-4H3,(H,28,30)(H,29,31). The Morgan fingerprint density at radius 1 is 0.727 bits per heavy atom. The van der Waals surface area contributed by atoms with Crippen LogP contribution in [0, 0.1) is 0 Å². The molecule has 3 aromatic carbocycles. The molecule has 0 radical (unpaired) electrons. The minimum atomic E-state index is -0.556. The van der Waals surface area contributed by atoms with E-state index in [-0.39, 0.29) is 5.57 Å². The van der Waals surface area contributed by atoms with E-state index in [2.05, 4.69) is 24.5 Å². The smallest absolute Gasteiger partial charge is 0.261 e. The van der Waals surface area contributed by atoms with Gasteiger partial charge in [-0.15, -0.1) is 0 Å². The molecule has 0 spiro atoms. The maximum atomic E-state index is 13.2. The maximum Gasteiger partial charge on any atom is 0.261 e. The number of nitrogens with one attached hydrogen (secondary N) is 2. The van der Waals surface area contributed by atoms with Gasteiger partial charge in [0.2, 0.25) is 0 Å². The van der Waals surface area contributed by atoms with E-state index in [1.54, 1.807) is 54.6 Å². The van der Waals surface area contributed by atoms with Crippen molar-refractivity contribution in [1.29, 1.82) is 0 Å². The molecular formula is C27H28N2O4. The summed E-state index contributed by atoms with van der Waals surface area (Å²) < 4.78 is 10.6. The predicted molar refractivity (Wildman–Crippen MR) is 132 cm³/mol. The molecule has 170 valence electrons. The number of hydrogen-bond acceptors (Lipinski definition) is 4. The van der Waals surface area contributed by atoms with Crippen LogP contribution in [0.3, 0.4) is 0 Å². The van der Waals surface area contributed by atoms with Crippen molar-refractivity contribution in [2.45, 2.75) is 19.8 Å². The molecule has 33 heavy (non-hydrogen) atoms. The lowest BCUT2D eigenvalue weighted by Gasteiger charge is -2.14. The van der Waals surface area contributed by atoms with Gasteiger partial charge in [-0.2, -0.15) is 0 Å². The third kappa shape index (κ3) is 6.01. The molecule has 3 rings (SSSR count). The van der Waals surface area contributed by atoms with E-state index in [0.29, 0.717) is 28.8 Å². The zero-order chi connectivity index (χ0) is 23.8. The lowest BCUT2D eigenvalue weighted by atomic mass is 10.0. The van der Waals surface area contributed by atoms with Crippen LogP contribution < -0.4 is 20.1 Å². The van der Waals surface area contributed by atoms with Crippen LogP contribution in [0.2, 0.25) is 0 Å². The van der Waals surface area contributed by atoms with Gasteiger partial charge in [-0.3, -0.25) is 9.59 Å². The van der Waals surface area contributed by atoms with Crippen molar-refractivity contribution in [1.82, 2.24) is 0 Å². The number of rotatable bonds is 8. The van der Waals surface area contributed by atoms with E-state index >= 15 is 0 Å². The molecule has 0 atom stereocenters. The number of methoxy groups -OCH3 is 2. The van der Waals surface area contributed by atoms with Gasteiger partial charge in [0.1, 0.15) is 17.1 Å². The summed E-state index contributed by atoms with van der Waals surface area (Å²) in [6, 6.07) is 21.8. The van der Waals surface area contributed by atoms with Crippen molar-refractivity contribution in [3.05, 3.63) is 89.5 Å². The Morgan fingerprint density at radius 3 is 1.61 bits per heavy atom. The van der Waals surface area contributed by atoms with Crippen LogP contribution >= 0.6 is 0 Å². The molecule has 2 amide bonds. The number of benzene rings is 3. The SMILES string of the molecule is COc1ccccc1NC(=O)C(=Cc1ccc(C(C)C)cc1)C(=O)Nc1ccccc1OC. The summed E-state index contributed by atoms with van der Waals surface area (Å²) in [5.74, 6) is 0.262. The molecule has 0 aromatic heterocycles. The van der Waals surface area contributed by atoms with Gasteiger partial charge in [0.05, 0.1) is 25.6 Å². The number of amides is 2. The lowest BCUT2D eigenvalue weighted by molar-refractivity contribution is -0.118. The average Bonchev–Trinajstić information content (AvgIpc) is 2.83. The van der Waals surface area contributed by atoms with E-state index < -0.39 is 11.8 Å². The highest BCUT2D eigenvalue weighted by atomic mass is 16.5. The van der Waals surface area contributed by atoms with Gasteiger partial charge in [-0.25, -0.2) is 0 Å². The fraction of sp³-hybridized carbons (Fsp3) is 0.185. The third-order valence-electron chi connectivity index (χ3n) is 5.11. The van der Waals surface area contributed by atoms with Crippen LogP contribution in [0.1, 0.15) is 30.9 Å². The van der Waals surface area contributed by atoms with Crippen molar-refractivity contribution < 1.29 is 19.1 Å². The predicted octanol–water partition coefficient (Wildman–Crippen LogP) is 5.49. The highest BCUT2D eigenvalue weighted by molar-refractivity contribution is 6.29. The van der Waals surface area contributed by atoms with Crippen LogP contribution in [-0.4, -0.2) is 26.0 Å². The molecule has 0 aliphatic rings. The first kappa shape index (κ1) is 23.6. The fourth-order valence-corrected chi connectivity index (χ4v) is 3.25. The summed E-state index contributed by atoms with van der Waals surface area (Å²) in [6.45, 7) is 4.22. The number of hydrogen-bond donors (Lipinski definition) is 2. The molecule has 2 N–H and O–H groups in total. The first-order valence-electron chi connectivity index (χ1n) is 10.6. The molecule has 0 aliphatic heterocycles. The molecule has 0 aliphatic carbocycles. The summed E-state index contributed by atoms with van der Waals surface area (Å²) in [5, 5.41) is 5.56. The monoisotopic (exact) mass is 444 g/mol. The Kier molecular flexibility index (Phi) is 7.86. The first-order valence-corrected chi connectivity index (χ1v) is 10.6. The number of carbonyl (C=O) groups excluding carboxylic acids is 2. The zero-order valence-corrected chi connectivity index (χ0v) is 19.2. The minimum Gasteiger partial charge on any atom is -0.495 e. The molecule has 0 bridgehead atoms. The number of carbonyl (C=O) groups is 2. The van der Waals surface area contributed by atoms with Crippen LogP contribution in [0.4, 0.5) is 11.4 Å². The average molecular weight is 445 g/mol. The lowest BCUT2D eigenvalue weighted by Crippen LogP contribution is -2.25. The number of anilines is 2. The third-order valence-corrected chi connectivity index (χ3v) is 5.11. The maximum absolute atomic E-state index is 13.2. The van der Waals surface area contributed by atoms with Crippen LogP contribution in [0.5, 0.6) is 11.5 Å². The molecule has 0 unspecified atom stereocenters. The van der Waals surface area contributed by atoms with Crippen molar-refractivity contribution in [3.63, 3.8) is 0 Å². The zero-order valence-electron chi connectivity index (χ0n) is 19.2. The van der Waals surface area contributed by atoms with Gasteiger partial charge in [0, 0.05) is 0 Å². The van der Waals surface area contributed by atoms with E-state index in [1.807, 2.05) is 24.3 Å². The second-order valence-electron chi connectivity index (χ2n) is 7.69. The van der Waals surface area contributed by atoms with Gasteiger partial charge in [0.15, 0.2) is 0 Å². The summed E-state index contributed by atoms with van der Waals surface area (Å²) in [6.07, 6.45) is 1.57. The summed E-state index contributed by atoms with van der Waals surface area (Å²) in [5.41, 5.74) is 2.79. The van der Waals surface area contributed by atoms with E-state index in [1.165, 1.54) is 19.8 Å². The second kappa shape index (κ2) is 11.0. The largest absolute Gasteiger partial charge is 0.495 e. The van der Waals surface area contributed by atoms with Crippen LogP contribution in [-0.2, 0) is 9.59 Å². The quantitative estimate of drug-likeness (QED) is 0.274. The normalized spacial score (nSPS) is 10.3. The van der Waals surface area contributed by atoms with Crippen molar-refractivity contribution in [2.75, 3.05) is 24.9 Å². The highest BCUT2D eigenvalue weighted by Crippen LogP contribution is 2.26. The molecule has 6 nitrogen and oxygen atoms in total. The molecule has 0 heterocycles. The van der Waals surface area contributed by atoms with Gasteiger partial charge in [-0.1, -0.05) is 62.4 Å². The van der Waals surface area contributed by atoms with Gasteiger partial charge in [-0.05, 0) is 47.4 Å². The molecule has 0 saturated heterocycles. The summed E-state index contributed by atoms with van der Waals surface area (Å²) in [4.78, 5) is 26.4. The second-order valence-corrected chi connectivity index (χ2v) is 7.69. The Labute approximate surface area is 194 Å². The highest BCUT2D eigenvalue weighted by Gasteiger charge is 2.21. The molecule has 3 aromatic rings. The Bertz CT molecular complexity index is 1090. The van der Waals surface area contributed by atoms with E-state index in [0.717, 1.165) is 5.56 Å². The molecule has 0 saturated carbocycles. The Balaban J connectivity index is 1.96. The molecule has 6 heteroatoms. The minimum absolute atomic E-state index is 0.0518. The summed E-state index contributed by atoms with van der Waals surface area (Å²) >= 11 is 0.